The summed E-state index contributed by atoms with van der Waals surface area (Å²) in [6, 6.07) is 7.07. The molecule has 1 heterocycles. The van der Waals surface area contributed by atoms with Crippen LogP contribution in [0.2, 0.25) is 0 Å². The van der Waals surface area contributed by atoms with Gasteiger partial charge >= 0.3 is 7.60 Å². The first kappa shape index (κ1) is 18.7. The van der Waals surface area contributed by atoms with Crippen LogP contribution in [-0.4, -0.2) is 36.4 Å². The van der Waals surface area contributed by atoms with Crippen LogP contribution in [0, 0.1) is 0 Å². The predicted octanol–water partition coefficient (Wildman–Crippen LogP) is 2.38. The molecule has 0 unspecified atom stereocenters. The second-order valence-corrected chi connectivity index (χ2v) is 7.37. The van der Waals surface area contributed by atoms with Gasteiger partial charge in [0.2, 0.25) is 5.91 Å². The number of aromatic amines is 1. The molecular weight excluding hydrogens is 329 g/mol. The minimum absolute atomic E-state index is 0.185. The largest absolute Gasteiger partial charge is 0.361 e. The van der Waals surface area contributed by atoms with E-state index < -0.39 is 13.6 Å². The molecule has 1 aromatic heterocycles. The maximum absolute atomic E-state index is 12.3. The smallest absolute Gasteiger partial charge is 0.349 e. The summed E-state index contributed by atoms with van der Waals surface area (Å²) >= 11 is 0. The Morgan fingerprint density at radius 1 is 1.29 bits per heavy atom. The number of rotatable bonds is 9. The SMILES string of the molecule is CCOP(=O)(CNC(=O)[C@@H](N)Cc1c[nH]c2ccccc12)OCC. The van der Waals surface area contributed by atoms with Crippen LogP contribution in [0.15, 0.2) is 30.5 Å². The Balaban J connectivity index is 1.96. The van der Waals surface area contributed by atoms with Crippen molar-refractivity contribution < 1.29 is 18.4 Å². The average molecular weight is 353 g/mol. The molecule has 24 heavy (non-hydrogen) atoms. The van der Waals surface area contributed by atoms with Crippen LogP contribution >= 0.6 is 7.60 Å². The second kappa shape index (κ2) is 8.44. The van der Waals surface area contributed by atoms with E-state index >= 15 is 0 Å². The lowest BCUT2D eigenvalue weighted by Crippen LogP contribution is -2.42. The van der Waals surface area contributed by atoms with Crippen molar-refractivity contribution in [3.8, 4) is 0 Å². The monoisotopic (exact) mass is 353 g/mol. The van der Waals surface area contributed by atoms with E-state index in [0.717, 1.165) is 16.5 Å². The zero-order chi connectivity index (χ0) is 17.6. The Morgan fingerprint density at radius 2 is 1.96 bits per heavy atom. The first-order valence-corrected chi connectivity index (χ1v) is 9.68. The van der Waals surface area contributed by atoms with Crippen LogP contribution in [0.1, 0.15) is 19.4 Å². The summed E-state index contributed by atoms with van der Waals surface area (Å²) in [6.07, 6.45) is 2.04. The number of aromatic nitrogens is 1. The number of amides is 1. The Labute approximate surface area is 141 Å². The lowest BCUT2D eigenvalue weighted by molar-refractivity contribution is -0.122. The van der Waals surface area contributed by atoms with Crippen molar-refractivity contribution in [2.24, 2.45) is 5.73 Å². The van der Waals surface area contributed by atoms with Crippen molar-refractivity contribution in [1.29, 1.82) is 0 Å². The number of H-pyrrole nitrogens is 1. The van der Waals surface area contributed by atoms with Gasteiger partial charge in [-0.2, -0.15) is 0 Å². The van der Waals surface area contributed by atoms with E-state index in [9.17, 15) is 9.36 Å². The zero-order valence-corrected chi connectivity index (χ0v) is 14.8. The van der Waals surface area contributed by atoms with E-state index in [2.05, 4.69) is 10.3 Å². The molecule has 1 amide bonds. The molecule has 0 saturated carbocycles. The van der Waals surface area contributed by atoms with Crippen LogP contribution in [0.4, 0.5) is 0 Å². The van der Waals surface area contributed by atoms with Gasteiger partial charge in [-0.3, -0.25) is 9.36 Å². The summed E-state index contributed by atoms with van der Waals surface area (Å²) < 4.78 is 22.6. The quantitative estimate of drug-likeness (QED) is 0.600. The molecule has 0 spiro atoms. The molecule has 7 nitrogen and oxygen atoms in total. The van der Waals surface area contributed by atoms with Crippen molar-refractivity contribution in [3.63, 3.8) is 0 Å². The number of benzene rings is 1. The standard InChI is InChI=1S/C16H24N3O4P/c1-3-22-24(21,23-4-2)11-19-16(20)14(17)9-12-10-18-15-8-6-5-7-13(12)15/h5-8,10,14,18H,3-4,9,11,17H2,1-2H3,(H,19,20)/t14-/m0/s1. The highest BCUT2D eigenvalue weighted by molar-refractivity contribution is 7.53. The van der Waals surface area contributed by atoms with E-state index in [1.165, 1.54) is 0 Å². The number of para-hydroxylation sites is 1. The van der Waals surface area contributed by atoms with Gasteiger partial charge in [0.25, 0.3) is 0 Å². The first-order chi connectivity index (χ1) is 11.5. The number of nitrogens with two attached hydrogens (primary N) is 1. The molecule has 0 radical (unpaired) electrons. The van der Waals surface area contributed by atoms with Gasteiger partial charge in [-0.25, -0.2) is 0 Å². The fourth-order valence-electron chi connectivity index (χ4n) is 2.46. The Morgan fingerprint density at radius 3 is 2.62 bits per heavy atom. The van der Waals surface area contributed by atoms with Crippen LogP contribution < -0.4 is 11.1 Å². The maximum atomic E-state index is 12.3. The Kier molecular flexibility index (Phi) is 6.57. The predicted molar refractivity (Wildman–Crippen MR) is 93.8 cm³/mol. The molecule has 1 atom stereocenters. The number of carbonyl (C=O) groups excluding carboxylic acids is 1. The molecule has 1 aromatic carbocycles. The third-order valence-electron chi connectivity index (χ3n) is 3.55. The molecule has 2 rings (SSSR count). The van der Waals surface area contributed by atoms with E-state index in [0.29, 0.717) is 6.42 Å². The molecule has 0 bridgehead atoms. The fourth-order valence-corrected chi connectivity index (χ4v) is 3.85. The lowest BCUT2D eigenvalue weighted by Gasteiger charge is -2.18. The van der Waals surface area contributed by atoms with Gasteiger partial charge in [0.1, 0.15) is 6.29 Å². The number of carbonyl (C=O) groups is 1. The number of nitrogens with one attached hydrogen (secondary N) is 2. The normalized spacial score (nSPS) is 13.1. The number of fused-ring (bicyclic) bond motifs is 1. The lowest BCUT2D eigenvalue weighted by atomic mass is 10.1. The van der Waals surface area contributed by atoms with E-state index in [-0.39, 0.29) is 25.4 Å². The molecule has 0 fully saturated rings. The minimum Gasteiger partial charge on any atom is -0.361 e. The average Bonchev–Trinajstić information content (AvgIpc) is 2.96. The van der Waals surface area contributed by atoms with Gasteiger partial charge in [-0.1, -0.05) is 18.2 Å². The van der Waals surface area contributed by atoms with Crippen LogP contribution in [0.5, 0.6) is 0 Å². The highest BCUT2D eigenvalue weighted by Gasteiger charge is 2.26. The van der Waals surface area contributed by atoms with Gasteiger partial charge in [0.05, 0.1) is 19.3 Å². The van der Waals surface area contributed by atoms with E-state index in [1.807, 2.05) is 30.5 Å². The highest BCUT2D eigenvalue weighted by Crippen LogP contribution is 2.46. The molecule has 0 aliphatic carbocycles. The van der Waals surface area contributed by atoms with Crippen molar-refractivity contribution in [2.75, 3.05) is 19.5 Å². The molecular formula is C16H24N3O4P. The van der Waals surface area contributed by atoms with Gasteiger partial charge in [0.15, 0.2) is 0 Å². The maximum Gasteiger partial charge on any atom is 0.349 e. The van der Waals surface area contributed by atoms with E-state index in [4.69, 9.17) is 14.8 Å². The summed E-state index contributed by atoms with van der Waals surface area (Å²) in [4.78, 5) is 15.3. The molecule has 0 aliphatic heterocycles. The minimum atomic E-state index is -3.32. The molecule has 4 N–H and O–H groups in total. The highest BCUT2D eigenvalue weighted by atomic mass is 31.2. The van der Waals surface area contributed by atoms with E-state index in [1.54, 1.807) is 13.8 Å². The topological polar surface area (TPSA) is 106 Å². The van der Waals surface area contributed by atoms with Crippen LogP contribution in [0.3, 0.4) is 0 Å². The van der Waals surface area contributed by atoms with Gasteiger partial charge in [-0.05, 0) is 31.9 Å². The fraction of sp³-hybridized carbons (Fsp3) is 0.438. The zero-order valence-electron chi connectivity index (χ0n) is 14.0. The van der Waals surface area contributed by atoms with Crippen LogP contribution in [0.25, 0.3) is 10.9 Å². The Bertz CT molecular complexity index is 721. The second-order valence-electron chi connectivity index (χ2n) is 5.32. The number of hydrogen-bond acceptors (Lipinski definition) is 5. The van der Waals surface area contributed by atoms with Crippen LogP contribution in [-0.2, 0) is 24.8 Å². The Hall–Kier alpha value is -1.66. The van der Waals surface area contributed by atoms with Crippen molar-refractivity contribution in [2.45, 2.75) is 26.3 Å². The van der Waals surface area contributed by atoms with Gasteiger partial charge in [-0.15, -0.1) is 0 Å². The molecule has 132 valence electrons. The van der Waals surface area contributed by atoms with Crippen molar-refractivity contribution in [1.82, 2.24) is 10.3 Å². The summed E-state index contributed by atoms with van der Waals surface area (Å²) in [7, 11) is -3.32. The van der Waals surface area contributed by atoms with Crippen molar-refractivity contribution >= 4 is 24.4 Å². The number of hydrogen-bond donors (Lipinski definition) is 3. The van der Waals surface area contributed by atoms with Crippen molar-refractivity contribution in [3.05, 3.63) is 36.0 Å². The summed E-state index contributed by atoms with van der Waals surface area (Å²) in [5.41, 5.74) is 7.94. The molecule has 2 aromatic rings. The molecule has 0 aliphatic rings. The third-order valence-corrected chi connectivity index (χ3v) is 5.40. The molecule has 0 saturated heterocycles. The summed E-state index contributed by atoms with van der Waals surface area (Å²) in [5, 5.41) is 3.60. The van der Waals surface area contributed by atoms with Gasteiger partial charge < -0.3 is 25.1 Å². The van der Waals surface area contributed by atoms with Gasteiger partial charge in [0, 0.05) is 17.1 Å². The summed E-state index contributed by atoms with van der Waals surface area (Å²) in [6.45, 7) is 3.93. The molecule has 8 heteroatoms. The third kappa shape index (κ3) is 4.68. The first-order valence-electron chi connectivity index (χ1n) is 7.95. The summed E-state index contributed by atoms with van der Waals surface area (Å²) in [5.74, 6) is -0.389.